The van der Waals surface area contributed by atoms with Gasteiger partial charge in [-0.05, 0) is 19.1 Å². The average Bonchev–Trinajstić information content (AvgIpc) is 2.81. The highest BCUT2D eigenvalue weighted by Crippen LogP contribution is 2.27. The summed E-state index contributed by atoms with van der Waals surface area (Å²) in [5, 5.41) is 6.45. The highest BCUT2D eigenvalue weighted by atomic mass is 79.9. The molecule has 2 aromatic rings. The lowest BCUT2D eigenvalue weighted by Crippen LogP contribution is -2.06. The van der Waals surface area contributed by atoms with Crippen LogP contribution in [-0.2, 0) is 0 Å². The Bertz CT molecular complexity index is 487. The van der Waals surface area contributed by atoms with Crippen molar-refractivity contribution in [1.82, 2.24) is 4.98 Å². The van der Waals surface area contributed by atoms with Crippen LogP contribution in [0, 0.1) is 0 Å². The van der Waals surface area contributed by atoms with Crippen LogP contribution < -0.4 is 10.1 Å². The van der Waals surface area contributed by atoms with Gasteiger partial charge in [-0.25, -0.2) is 4.98 Å². The van der Waals surface area contributed by atoms with Crippen LogP contribution >= 0.6 is 27.3 Å². The van der Waals surface area contributed by atoms with Crippen molar-refractivity contribution >= 4 is 33.0 Å². The summed E-state index contributed by atoms with van der Waals surface area (Å²) in [4.78, 5) is 4.29. The zero-order valence-electron chi connectivity index (χ0n) is 9.61. The lowest BCUT2D eigenvalue weighted by atomic mass is 10.2. The Morgan fingerprint density at radius 1 is 1.41 bits per heavy atom. The molecule has 17 heavy (non-hydrogen) atoms. The number of methoxy groups -OCH3 is 1. The summed E-state index contributed by atoms with van der Waals surface area (Å²) in [6.45, 7) is 2.09. The van der Waals surface area contributed by atoms with Crippen molar-refractivity contribution in [3.63, 3.8) is 0 Å². The van der Waals surface area contributed by atoms with Gasteiger partial charge in [0.05, 0.1) is 13.2 Å². The molecule has 0 saturated heterocycles. The van der Waals surface area contributed by atoms with Crippen molar-refractivity contribution in [1.29, 1.82) is 0 Å². The molecule has 2 rings (SSSR count). The molecule has 3 nitrogen and oxygen atoms in total. The molecule has 1 unspecified atom stereocenters. The van der Waals surface area contributed by atoms with Gasteiger partial charge < -0.3 is 10.1 Å². The fourth-order valence-corrected chi connectivity index (χ4v) is 2.64. The lowest BCUT2D eigenvalue weighted by Gasteiger charge is -2.14. The number of hydrogen-bond acceptors (Lipinski definition) is 4. The number of halogens is 1. The number of nitrogens with one attached hydrogen (secondary N) is 1. The van der Waals surface area contributed by atoms with E-state index in [1.165, 1.54) is 0 Å². The monoisotopic (exact) mass is 312 g/mol. The Hall–Kier alpha value is -1.07. The molecule has 1 heterocycles. The first-order valence-corrected chi connectivity index (χ1v) is 6.87. The van der Waals surface area contributed by atoms with Crippen LogP contribution in [0.25, 0.3) is 0 Å². The maximum Gasteiger partial charge on any atom is 0.122 e. The molecular weight excluding hydrogens is 300 g/mol. The third-order valence-corrected chi connectivity index (χ3v) is 3.73. The molecule has 0 radical (unpaired) electrons. The maximum atomic E-state index is 5.22. The first-order chi connectivity index (χ1) is 8.19. The number of rotatable bonds is 4. The van der Waals surface area contributed by atoms with Crippen LogP contribution in [0.4, 0.5) is 5.69 Å². The van der Waals surface area contributed by atoms with E-state index in [0.29, 0.717) is 0 Å². The largest absolute Gasteiger partial charge is 0.497 e. The Balaban J connectivity index is 2.15. The van der Waals surface area contributed by atoms with Crippen LogP contribution in [0.2, 0.25) is 0 Å². The minimum atomic E-state index is 0.189. The predicted octanol–water partition coefficient (Wildman–Crippen LogP) is 4.09. The second kappa shape index (κ2) is 5.51. The summed E-state index contributed by atoms with van der Waals surface area (Å²) in [6, 6.07) is 6.11. The van der Waals surface area contributed by atoms with Gasteiger partial charge >= 0.3 is 0 Å². The maximum absolute atomic E-state index is 5.22. The van der Waals surface area contributed by atoms with E-state index in [1.54, 1.807) is 18.4 Å². The number of thiazole rings is 1. The molecule has 1 aromatic carbocycles. The average molecular weight is 313 g/mol. The predicted molar refractivity (Wildman–Crippen MR) is 74.8 cm³/mol. The van der Waals surface area contributed by atoms with Crippen LogP contribution in [0.1, 0.15) is 18.0 Å². The van der Waals surface area contributed by atoms with E-state index < -0.39 is 0 Å². The molecule has 90 valence electrons. The van der Waals surface area contributed by atoms with Gasteiger partial charge in [0, 0.05) is 27.8 Å². The van der Waals surface area contributed by atoms with Gasteiger partial charge in [0.2, 0.25) is 0 Å². The fraction of sp³-hybridized carbons (Fsp3) is 0.250. The zero-order chi connectivity index (χ0) is 12.3. The lowest BCUT2D eigenvalue weighted by molar-refractivity contribution is 0.414. The molecule has 1 atom stereocenters. The van der Waals surface area contributed by atoms with Crippen molar-refractivity contribution in [2.75, 3.05) is 12.4 Å². The van der Waals surface area contributed by atoms with Crippen molar-refractivity contribution in [2.24, 2.45) is 0 Å². The normalized spacial score (nSPS) is 12.2. The van der Waals surface area contributed by atoms with Gasteiger partial charge in [0.25, 0.3) is 0 Å². The third kappa shape index (κ3) is 3.20. The Morgan fingerprint density at radius 2 is 2.24 bits per heavy atom. The number of anilines is 1. The first-order valence-electron chi connectivity index (χ1n) is 5.19. The summed E-state index contributed by atoms with van der Waals surface area (Å²) >= 11 is 5.11. The summed E-state index contributed by atoms with van der Waals surface area (Å²) in [7, 11) is 1.66. The smallest absolute Gasteiger partial charge is 0.122 e. The van der Waals surface area contributed by atoms with Gasteiger partial charge in [-0.3, -0.25) is 0 Å². The van der Waals surface area contributed by atoms with E-state index in [0.717, 1.165) is 20.9 Å². The standard InChI is InChI=1S/C12H13BrN2OS/c1-8(12-14-3-4-17-12)15-10-5-9(13)6-11(7-10)16-2/h3-8,15H,1-2H3. The minimum absolute atomic E-state index is 0.189. The van der Waals surface area contributed by atoms with E-state index in [4.69, 9.17) is 4.74 Å². The molecule has 0 aliphatic rings. The van der Waals surface area contributed by atoms with Gasteiger partial charge in [0.15, 0.2) is 0 Å². The van der Waals surface area contributed by atoms with Crippen molar-refractivity contribution < 1.29 is 4.74 Å². The highest BCUT2D eigenvalue weighted by Gasteiger charge is 2.08. The van der Waals surface area contributed by atoms with Crippen LogP contribution in [0.5, 0.6) is 5.75 Å². The molecule has 5 heteroatoms. The Kier molecular flexibility index (Phi) is 4.02. The molecule has 0 saturated carbocycles. The topological polar surface area (TPSA) is 34.1 Å². The molecule has 0 amide bonds. The van der Waals surface area contributed by atoms with Gasteiger partial charge in [-0.1, -0.05) is 15.9 Å². The number of ether oxygens (including phenoxy) is 1. The SMILES string of the molecule is COc1cc(Br)cc(NC(C)c2nccs2)c1. The van der Waals surface area contributed by atoms with Crippen molar-refractivity contribution in [2.45, 2.75) is 13.0 Å². The fourth-order valence-electron chi connectivity index (χ4n) is 1.52. The quantitative estimate of drug-likeness (QED) is 0.923. The summed E-state index contributed by atoms with van der Waals surface area (Å²) < 4.78 is 6.22. The second-order valence-electron chi connectivity index (χ2n) is 3.62. The molecular formula is C12H13BrN2OS. The number of hydrogen-bond donors (Lipinski definition) is 1. The molecule has 0 fully saturated rings. The van der Waals surface area contributed by atoms with E-state index >= 15 is 0 Å². The Labute approximate surface area is 113 Å². The second-order valence-corrected chi connectivity index (χ2v) is 5.46. The van der Waals surface area contributed by atoms with Crippen LogP contribution in [-0.4, -0.2) is 12.1 Å². The minimum Gasteiger partial charge on any atom is -0.497 e. The highest BCUT2D eigenvalue weighted by molar-refractivity contribution is 9.10. The van der Waals surface area contributed by atoms with Gasteiger partial charge in [0.1, 0.15) is 10.8 Å². The molecule has 0 aliphatic heterocycles. The molecule has 1 N–H and O–H groups in total. The van der Waals surface area contributed by atoms with E-state index in [2.05, 4.69) is 33.2 Å². The van der Waals surface area contributed by atoms with E-state index in [1.807, 2.05) is 29.8 Å². The van der Waals surface area contributed by atoms with Gasteiger partial charge in [-0.15, -0.1) is 11.3 Å². The summed E-state index contributed by atoms with van der Waals surface area (Å²) in [5.41, 5.74) is 1.01. The molecule has 1 aromatic heterocycles. The summed E-state index contributed by atoms with van der Waals surface area (Å²) in [6.07, 6.45) is 1.82. The molecule has 0 aliphatic carbocycles. The van der Waals surface area contributed by atoms with E-state index in [9.17, 15) is 0 Å². The number of nitrogens with zero attached hydrogens (tertiary/aromatic N) is 1. The van der Waals surface area contributed by atoms with E-state index in [-0.39, 0.29) is 6.04 Å². The van der Waals surface area contributed by atoms with Crippen molar-refractivity contribution in [3.05, 3.63) is 39.3 Å². The van der Waals surface area contributed by atoms with Crippen molar-refractivity contribution in [3.8, 4) is 5.75 Å². The molecule has 0 spiro atoms. The number of aromatic nitrogens is 1. The molecule has 0 bridgehead atoms. The summed E-state index contributed by atoms with van der Waals surface area (Å²) in [5.74, 6) is 0.827. The Morgan fingerprint density at radius 3 is 2.88 bits per heavy atom. The number of benzene rings is 1. The zero-order valence-corrected chi connectivity index (χ0v) is 12.0. The van der Waals surface area contributed by atoms with Crippen LogP contribution in [0.15, 0.2) is 34.2 Å². The first kappa shape index (κ1) is 12.4. The van der Waals surface area contributed by atoms with Gasteiger partial charge in [-0.2, -0.15) is 0 Å². The third-order valence-electron chi connectivity index (χ3n) is 2.31. The van der Waals surface area contributed by atoms with Crippen LogP contribution in [0.3, 0.4) is 0 Å².